The Kier molecular flexibility index (Phi) is 5.42. The van der Waals surface area contributed by atoms with Crippen LogP contribution in [0, 0.1) is 0 Å². The van der Waals surface area contributed by atoms with Crippen molar-refractivity contribution in [2.24, 2.45) is 5.73 Å². The summed E-state index contributed by atoms with van der Waals surface area (Å²) in [6.07, 6.45) is 2.79. The summed E-state index contributed by atoms with van der Waals surface area (Å²) in [4.78, 5) is 17.0. The summed E-state index contributed by atoms with van der Waals surface area (Å²) in [6, 6.07) is 3.73. The molecule has 0 aliphatic rings. The van der Waals surface area contributed by atoms with E-state index in [-0.39, 0.29) is 5.91 Å². The third-order valence-electron chi connectivity index (χ3n) is 2.28. The molecule has 0 radical (unpaired) electrons. The Morgan fingerprint density at radius 1 is 1.47 bits per heavy atom. The molecule has 0 aliphatic carbocycles. The van der Waals surface area contributed by atoms with Gasteiger partial charge in [-0.3, -0.25) is 9.78 Å². The maximum absolute atomic E-state index is 11.3. The van der Waals surface area contributed by atoms with E-state index in [4.69, 9.17) is 10.5 Å². The minimum Gasteiger partial charge on any atom is -0.491 e. The Morgan fingerprint density at radius 2 is 2.24 bits per heavy atom. The van der Waals surface area contributed by atoms with Crippen molar-refractivity contribution in [1.82, 2.24) is 9.88 Å². The number of ether oxygens (including phenoxy) is 1. The summed E-state index contributed by atoms with van der Waals surface area (Å²) in [5.41, 5.74) is 6.38. The normalized spacial score (nSPS) is 10.1. The average molecular weight is 237 g/mol. The van der Waals surface area contributed by atoms with Gasteiger partial charge in [0.1, 0.15) is 5.75 Å². The van der Waals surface area contributed by atoms with Crippen molar-refractivity contribution in [3.8, 4) is 5.75 Å². The first-order valence-electron chi connectivity index (χ1n) is 5.61. The molecule has 94 valence electrons. The number of carbonyl (C=O) groups is 1. The van der Waals surface area contributed by atoms with Crippen molar-refractivity contribution in [3.63, 3.8) is 0 Å². The van der Waals surface area contributed by atoms with Gasteiger partial charge in [-0.05, 0) is 18.7 Å². The molecule has 0 unspecified atom stereocenters. The van der Waals surface area contributed by atoms with E-state index in [9.17, 15) is 4.79 Å². The summed E-state index contributed by atoms with van der Waals surface area (Å²) in [7, 11) is 3.46. The maximum atomic E-state index is 11.3. The molecule has 17 heavy (non-hydrogen) atoms. The molecule has 5 nitrogen and oxygen atoms in total. The fraction of sp³-hybridized carbons (Fsp3) is 0.500. The van der Waals surface area contributed by atoms with Gasteiger partial charge in [0, 0.05) is 26.2 Å². The van der Waals surface area contributed by atoms with E-state index >= 15 is 0 Å². The SMILES string of the molecule is CN(C)C(=O)CCOc1ccc(CCN)nc1. The second-order valence-electron chi connectivity index (χ2n) is 3.91. The minimum absolute atomic E-state index is 0.0534. The van der Waals surface area contributed by atoms with E-state index in [2.05, 4.69) is 4.98 Å². The highest BCUT2D eigenvalue weighted by Gasteiger charge is 2.04. The van der Waals surface area contributed by atoms with Crippen molar-refractivity contribution in [2.75, 3.05) is 27.2 Å². The number of nitrogens with zero attached hydrogens (tertiary/aromatic N) is 2. The van der Waals surface area contributed by atoms with Gasteiger partial charge in [0.15, 0.2) is 0 Å². The number of amides is 1. The van der Waals surface area contributed by atoms with Crippen LogP contribution in [0.4, 0.5) is 0 Å². The summed E-state index contributed by atoms with van der Waals surface area (Å²) in [6.45, 7) is 0.958. The molecular weight excluding hydrogens is 218 g/mol. The molecule has 0 atom stereocenters. The molecule has 0 fully saturated rings. The van der Waals surface area contributed by atoms with Gasteiger partial charge in [0.05, 0.1) is 19.2 Å². The lowest BCUT2D eigenvalue weighted by molar-refractivity contribution is -0.129. The maximum Gasteiger partial charge on any atom is 0.225 e. The van der Waals surface area contributed by atoms with E-state index in [1.807, 2.05) is 12.1 Å². The van der Waals surface area contributed by atoms with Gasteiger partial charge in [-0.2, -0.15) is 0 Å². The highest BCUT2D eigenvalue weighted by molar-refractivity contribution is 5.75. The van der Waals surface area contributed by atoms with Gasteiger partial charge in [-0.1, -0.05) is 0 Å². The first kappa shape index (κ1) is 13.4. The van der Waals surface area contributed by atoms with Crippen molar-refractivity contribution < 1.29 is 9.53 Å². The van der Waals surface area contributed by atoms with Crippen molar-refractivity contribution in [1.29, 1.82) is 0 Å². The van der Waals surface area contributed by atoms with Gasteiger partial charge >= 0.3 is 0 Å². The molecule has 0 saturated heterocycles. The first-order chi connectivity index (χ1) is 8.13. The minimum atomic E-state index is 0.0534. The molecule has 2 N–H and O–H groups in total. The Morgan fingerprint density at radius 3 is 2.76 bits per heavy atom. The second-order valence-corrected chi connectivity index (χ2v) is 3.91. The van der Waals surface area contributed by atoms with Crippen molar-refractivity contribution in [3.05, 3.63) is 24.0 Å². The molecule has 0 bridgehead atoms. The van der Waals surface area contributed by atoms with E-state index < -0.39 is 0 Å². The number of aromatic nitrogens is 1. The molecule has 0 aliphatic heterocycles. The quantitative estimate of drug-likeness (QED) is 0.779. The van der Waals surface area contributed by atoms with Crippen LogP contribution in [0.1, 0.15) is 12.1 Å². The molecule has 1 amide bonds. The van der Waals surface area contributed by atoms with E-state index in [1.54, 1.807) is 25.2 Å². The monoisotopic (exact) mass is 237 g/mol. The molecule has 0 saturated carbocycles. The van der Waals surface area contributed by atoms with Gasteiger partial charge in [-0.25, -0.2) is 0 Å². The van der Waals surface area contributed by atoms with Crippen LogP contribution in [-0.2, 0) is 11.2 Å². The number of nitrogens with two attached hydrogens (primary N) is 1. The number of carbonyl (C=O) groups excluding carboxylic acids is 1. The molecule has 1 aromatic heterocycles. The van der Waals surface area contributed by atoms with Crippen LogP contribution in [0.3, 0.4) is 0 Å². The zero-order chi connectivity index (χ0) is 12.7. The van der Waals surface area contributed by atoms with Crippen LogP contribution in [0.15, 0.2) is 18.3 Å². The molecule has 0 aromatic carbocycles. The third-order valence-corrected chi connectivity index (χ3v) is 2.28. The smallest absolute Gasteiger partial charge is 0.225 e. The highest BCUT2D eigenvalue weighted by atomic mass is 16.5. The Bertz CT molecular complexity index is 349. The summed E-state index contributed by atoms with van der Waals surface area (Å²) >= 11 is 0. The number of hydrogen-bond acceptors (Lipinski definition) is 4. The summed E-state index contributed by atoms with van der Waals surface area (Å²) < 4.78 is 5.42. The predicted molar refractivity (Wildman–Crippen MR) is 65.8 cm³/mol. The van der Waals surface area contributed by atoms with Gasteiger partial charge in [0.2, 0.25) is 5.91 Å². The van der Waals surface area contributed by atoms with Crippen molar-refractivity contribution in [2.45, 2.75) is 12.8 Å². The predicted octanol–water partition coefficient (Wildman–Crippen LogP) is 0.440. The zero-order valence-electron chi connectivity index (χ0n) is 10.3. The lowest BCUT2D eigenvalue weighted by Crippen LogP contribution is -2.23. The topological polar surface area (TPSA) is 68.5 Å². The summed E-state index contributed by atoms with van der Waals surface area (Å²) in [5, 5.41) is 0. The van der Waals surface area contributed by atoms with Crippen molar-refractivity contribution >= 4 is 5.91 Å². The summed E-state index contributed by atoms with van der Waals surface area (Å²) in [5.74, 6) is 0.732. The van der Waals surface area contributed by atoms with Crippen LogP contribution in [0.5, 0.6) is 5.75 Å². The Labute approximate surface area is 102 Å². The fourth-order valence-corrected chi connectivity index (χ4v) is 1.27. The number of rotatable bonds is 6. The second kappa shape index (κ2) is 6.85. The van der Waals surface area contributed by atoms with E-state index in [0.29, 0.717) is 25.3 Å². The Balaban J connectivity index is 2.34. The molecule has 0 spiro atoms. The standard InChI is InChI=1S/C12H19N3O2/c1-15(2)12(16)6-8-17-11-4-3-10(5-7-13)14-9-11/h3-4,9H,5-8,13H2,1-2H3. The van der Waals surface area contributed by atoms with Crippen LogP contribution in [0.2, 0.25) is 0 Å². The number of hydrogen-bond donors (Lipinski definition) is 1. The lowest BCUT2D eigenvalue weighted by Gasteiger charge is -2.10. The molecule has 1 heterocycles. The van der Waals surface area contributed by atoms with Gasteiger partial charge in [0.25, 0.3) is 0 Å². The van der Waals surface area contributed by atoms with Crippen LogP contribution in [-0.4, -0.2) is 43.0 Å². The van der Waals surface area contributed by atoms with Crippen LogP contribution < -0.4 is 10.5 Å². The molecular formula is C12H19N3O2. The molecule has 1 rings (SSSR count). The number of pyridine rings is 1. The molecule has 5 heteroatoms. The van der Waals surface area contributed by atoms with E-state index in [1.165, 1.54) is 0 Å². The Hall–Kier alpha value is -1.62. The fourth-order valence-electron chi connectivity index (χ4n) is 1.27. The average Bonchev–Trinajstić information content (AvgIpc) is 2.31. The lowest BCUT2D eigenvalue weighted by atomic mass is 10.3. The van der Waals surface area contributed by atoms with E-state index in [0.717, 1.165) is 12.1 Å². The van der Waals surface area contributed by atoms with Gasteiger partial charge in [-0.15, -0.1) is 0 Å². The van der Waals surface area contributed by atoms with Crippen LogP contribution >= 0.6 is 0 Å². The first-order valence-corrected chi connectivity index (χ1v) is 5.61. The highest BCUT2D eigenvalue weighted by Crippen LogP contribution is 2.09. The van der Waals surface area contributed by atoms with Gasteiger partial charge < -0.3 is 15.4 Å². The zero-order valence-corrected chi connectivity index (χ0v) is 10.3. The third kappa shape index (κ3) is 4.82. The molecule has 1 aromatic rings. The largest absolute Gasteiger partial charge is 0.491 e. The van der Waals surface area contributed by atoms with Crippen LogP contribution in [0.25, 0.3) is 0 Å².